The van der Waals surface area contributed by atoms with Gasteiger partial charge in [0.25, 0.3) is 0 Å². The van der Waals surface area contributed by atoms with E-state index in [4.69, 9.17) is 12.2 Å². The largest absolute Gasteiger partial charge is 0.508 e. The summed E-state index contributed by atoms with van der Waals surface area (Å²) in [5.41, 5.74) is 6.74. The fourth-order valence-electron chi connectivity index (χ4n) is 1.69. The Hall–Kier alpha value is -1.99. The summed E-state index contributed by atoms with van der Waals surface area (Å²) in [6, 6.07) is 6.44. The van der Waals surface area contributed by atoms with Crippen LogP contribution < -0.4 is 11.1 Å². The van der Waals surface area contributed by atoms with E-state index in [0.29, 0.717) is 0 Å². The molecule has 0 bridgehead atoms. The highest BCUT2D eigenvalue weighted by Gasteiger charge is 2.14. The van der Waals surface area contributed by atoms with Crippen LogP contribution in [0.15, 0.2) is 24.3 Å². The number of carbonyl (C=O) groups is 1. The number of nitrogens with two attached hydrogens (primary N) is 1. The van der Waals surface area contributed by atoms with Crippen molar-refractivity contribution in [2.45, 2.75) is 38.3 Å². The Morgan fingerprint density at radius 2 is 2.11 bits per heavy atom. The quantitative estimate of drug-likeness (QED) is 0.672. The van der Waals surface area contributed by atoms with Crippen molar-refractivity contribution in [3.8, 4) is 18.1 Å². The summed E-state index contributed by atoms with van der Waals surface area (Å²) in [5, 5.41) is 12.0. The van der Waals surface area contributed by atoms with Gasteiger partial charge in [0.05, 0.1) is 6.04 Å². The second-order valence-electron chi connectivity index (χ2n) is 4.63. The highest BCUT2D eigenvalue weighted by Crippen LogP contribution is 2.11. The maximum Gasteiger partial charge on any atom is 0.238 e. The van der Waals surface area contributed by atoms with Crippen LogP contribution in [0.1, 0.15) is 25.3 Å². The molecule has 0 aliphatic heterocycles. The third-order valence-electron chi connectivity index (χ3n) is 2.87. The molecule has 0 aliphatic rings. The van der Waals surface area contributed by atoms with Gasteiger partial charge in [-0.05, 0) is 37.5 Å². The molecular weight excluding hydrogens is 240 g/mol. The number of phenolic OH excluding ortho intramolecular Hbond substituents is 1. The number of rotatable bonds is 6. The van der Waals surface area contributed by atoms with Gasteiger partial charge >= 0.3 is 0 Å². The molecule has 1 aromatic carbocycles. The van der Waals surface area contributed by atoms with Crippen LogP contribution in [0.25, 0.3) is 0 Å². The van der Waals surface area contributed by atoms with E-state index in [9.17, 15) is 9.90 Å². The monoisotopic (exact) mass is 260 g/mol. The maximum absolute atomic E-state index is 11.6. The van der Waals surface area contributed by atoms with Crippen LogP contribution >= 0.6 is 0 Å². The van der Waals surface area contributed by atoms with E-state index in [1.807, 2.05) is 19.1 Å². The van der Waals surface area contributed by atoms with Gasteiger partial charge in [0.15, 0.2) is 0 Å². The van der Waals surface area contributed by atoms with Crippen molar-refractivity contribution < 1.29 is 9.90 Å². The lowest BCUT2D eigenvalue weighted by Crippen LogP contribution is -2.44. The molecule has 0 aromatic heterocycles. The summed E-state index contributed by atoms with van der Waals surface area (Å²) >= 11 is 0. The molecule has 4 heteroatoms. The van der Waals surface area contributed by atoms with Crippen LogP contribution in [0.3, 0.4) is 0 Å². The third kappa shape index (κ3) is 5.45. The molecular formula is C15H20N2O2. The van der Waals surface area contributed by atoms with Crippen molar-refractivity contribution in [1.82, 2.24) is 5.32 Å². The van der Waals surface area contributed by atoms with Gasteiger partial charge in [0.1, 0.15) is 5.75 Å². The van der Waals surface area contributed by atoms with Crippen LogP contribution in [0.5, 0.6) is 5.75 Å². The number of hydrogen-bond donors (Lipinski definition) is 3. The SMILES string of the molecule is C#CCC(N)C(=O)NC(C)CCc1ccc(O)cc1. The van der Waals surface area contributed by atoms with E-state index in [1.165, 1.54) is 0 Å². The zero-order valence-electron chi connectivity index (χ0n) is 11.1. The summed E-state index contributed by atoms with van der Waals surface area (Å²) in [6.45, 7) is 1.93. The van der Waals surface area contributed by atoms with E-state index in [-0.39, 0.29) is 24.1 Å². The topological polar surface area (TPSA) is 75.4 Å². The number of benzene rings is 1. The van der Waals surface area contributed by atoms with Crippen LogP contribution in [0.4, 0.5) is 0 Å². The molecule has 0 saturated heterocycles. The molecule has 0 saturated carbocycles. The van der Waals surface area contributed by atoms with Crippen molar-refractivity contribution in [2.24, 2.45) is 5.73 Å². The number of nitrogens with one attached hydrogen (secondary N) is 1. The molecule has 1 amide bonds. The van der Waals surface area contributed by atoms with Crippen LogP contribution in [-0.2, 0) is 11.2 Å². The standard InChI is InChI=1S/C15H20N2O2/c1-3-4-14(16)15(19)17-11(2)5-6-12-7-9-13(18)10-8-12/h1,7-11,14,18H,4-6,16H2,2H3,(H,17,19). The van der Waals surface area contributed by atoms with Crippen molar-refractivity contribution in [3.05, 3.63) is 29.8 Å². The molecule has 2 atom stereocenters. The van der Waals surface area contributed by atoms with Gasteiger partial charge in [0, 0.05) is 12.5 Å². The zero-order chi connectivity index (χ0) is 14.3. The smallest absolute Gasteiger partial charge is 0.238 e. The van der Waals surface area contributed by atoms with Crippen LogP contribution in [0, 0.1) is 12.3 Å². The Labute approximate surface area is 114 Å². The Kier molecular flexibility index (Phi) is 5.91. The molecule has 2 unspecified atom stereocenters. The highest BCUT2D eigenvalue weighted by atomic mass is 16.3. The summed E-state index contributed by atoms with van der Waals surface area (Å²) in [4.78, 5) is 11.6. The summed E-state index contributed by atoms with van der Waals surface area (Å²) in [5.74, 6) is 2.42. The molecule has 0 fully saturated rings. The number of aromatic hydroxyl groups is 1. The molecule has 0 aliphatic carbocycles. The lowest BCUT2D eigenvalue weighted by atomic mass is 10.1. The normalized spacial score (nSPS) is 13.3. The average molecular weight is 260 g/mol. The van der Waals surface area contributed by atoms with Gasteiger partial charge in [-0.15, -0.1) is 12.3 Å². The summed E-state index contributed by atoms with van der Waals surface area (Å²) in [6.07, 6.45) is 6.99. The number of carbonyl (C=O) groups excluding carboxylic acids is 1. The molecule has 19 heavy (non-hydrogen) atoms. The molecule has 1 rings (SSSR count). The predicted octanol–water partition coefficient (Wildman–Crippen LogP) is 1.18. The second-order valence-corrected chi connectivity index (χ2v) is 4.63. The molecule has 0 spiro atoms. The molecule has 0 heterocycles. The number of hydrogen-bond acceptors (Lipinski definition) is 3. The maximum atomic E-state index is 11.6. The Morgan fingerprint density at radius 3 is 2.68 bits per heavy atom. The van der Waals surface area contributed by atoms with Crippen molar-refractivity contribution >= 4 is 5.91 Å². The van der Waals surface area contributed by atoms with Gasteiger partial charge in [-0.25, -0.2) is 0 Å². The fraction of sp³-hybridized carbons (Fsp3) is 0.400. The predicted molar refractivity (Wildman–Crippen MR) is 75.5 cm³/mol. The lowest BCUT2D eigenvalue weighted by molar-refractivity contribution is -0.122. The number of phenols is 1. The molecule has 4 nitrogen and oxygen atoms in total. The van der Waals surface area contributed by atoms with E-state index in [2.05, 4.69) is 11.2 Å². The fourth-order valence-corrected chi connectivity index (χ4v) is 1.69. The number of terminal acetylenes is 1. The first-order chi connectivity index (χ1) is 9.02. The number of aryl methyl sites for hydroxylation is 1. The highest BCUT2D eigenvalue weighted by molar-refractivity contribution is 5.82. The van der Waals surface area contributed by atoms with Crippen molar-refractivity contribution in [1.29, 1.82) is 0 Å². The van der Waals surface area contributed by atoms with Crippen molar-refractivity contribution in [3.63, 3.8) is 0 Å². The molecule has 4 N–H and O–H groups in total. The van der Waals surface area contributed by atoms with Gasteiger partial charge in [-0.3, -0.25) is 4.79 Å². The van der Waals surface area contributed by atoms with E-state index >= 15 is 0 Å². The minimum absolute atomic E-state index is 0.0325. The Balaban J connectivity index is 2.35. The molecule has 0 radical (unpaired) electrons. The Morgan fingerprint density at radius 1 is 1.47 bits per heavy atom. The van der Waals surface area contributed by atoms with Crippen LogP contribution in [-0.4, -0.2) is 23.1 Å². The second kappa shape index (κ2) is 7.45. The summed E-state index contributed by atoms with van der Waals surface area (Å²) < 4.78 is 0. The van der Waals surface area contributed by atoms with Gasteiger partial charge in [-0.1, -0.05) is 12.1 Å². The molecule has 102 valence electrons. The van der Waals surface area contributed by atoms with Crippen LogP contribution in [0.2, 0.25) is 0 Å². The average Bonchev–Trinajstić information content (AvgIpc) is 2.38. The van der Waals surface area contributed by atoms with Gasteiger partial charge in [-0.2, -0.15) is 0 Å². The first kappa shape index (κ1) is 15.1. The van der Waals surface area contributed by atoms with Gasteiger partial charge in [0.2, 0.25) is 5.91 Å². The Bertz CT molecular complexity index is 448. The number of amides is 1. The van der Waals surface area contributed by atoms with Gasteiger partial charge < -0.3 is 16.2 Å². The lowest BCUT2D eigenvalue weighted by Gasteiger charge is -2.16. The minimum atomic E-state index is -0.638. The van der Waals surface area contributed by atoms with E-state index < -0.39 is 6.04 Å². The summed E-state index contributed by atoms with van der Waals surface area (Å²) in [7, 11) is 0. The molecule has 1 aromatic rings. The zero-order valence-corrected chi connectivity index (χ0v) is 11.1. The van der Waals surface area contributed by atoms with E-state index in [1.54, 1.807) is 12.1 Å². The van der Waals surface area contributed by atoms with E-state index in [0.717, 1.165) is 18.4 Å². The van der Waals surface area contributed by atoms with Crippen molar-refractivity contribution in [2.75, 3.05) is 0 Å². The minimum Gasteiger partial charge on any atom is -0.508 e. The first-order valence-electron chi connectivity index (χ1n) is 6.30. The third-order valence-corrected chi connectivity index (χ3v) is 2.87. The first-order valence-corrected chi connectivity index (χ1v) is 6.30.